The highest BCUT2D eigenvalue weighted by atomic mass is 15.2. The molecule has 0 radical (unpaired) electrons. The smallest absolute Gasteiger partial charge is 0.0223 e. The van der Waals surface area contributed by atoms with E-state index in [2.05, 4.69) is 30.6 Å². The van der Waals surface area contributed by atoms with E-state index in [1.807, 2.05) is 0 Å². The van der Waals surface area contributed by atoms with Gasteiger partial charge in [-0.2, -0.15) is 0 Å². The van der Waals surface area contributed by atoms with Gasteiger partial charge in [-0.15, -0.1) is 0 Å². The molecule has 3 atom stereocenters. The summed E-state index contributed by atoms with van der Waals surface area (Å²) in [4.78, 5) is 5.42. The average Bonchev–Trinajstić information content (AvgIpc) is 2.72. The molecule has 2 aliphatic heterocycles. The van der Waals surface area contributed by atoms with Crippen LogP contribution in [-0.4, -0.2) is 54.1 Å². The molecule has 2 saturated heterocycles. The second-order valence-corrected chi connectivity index (χ2v) is 7.14. The molecule has 0 aromatic carbocycles. The summed E-state index contributed by atoms with van der Waals surface area (Å²) in [5.74, 6) is 0.915. The van der Waals surface area contributed by atoms with Gasteiger partial charge in [0.05, 0.1) is 0 Å². The lowest BCUT2D eigenvalue weighted by atomic mass is 9.87. The van der Waals surface area contributed by atoms with Crippen LogP contribution >= 0.6 is 0 Å². The van der Waals surface area contributed by atoms with Crippen molar-refractivity contribution < 1.29 is 0 Å². The van der Waals surface area contributed by atoms with Crippen molar-refractivity contribution in [1.82, 2.24) is 9.80 Å². The third kappa shape index (κ3) is 3.96. The molecule has 0 amide bonds. The van der Waals surface area contributed by atoms with Crippen LogP contribution in [0.2, 0.25) is 0 Å². The highest BCUT2D eigenvalue weighted by molar-refractivity contribution is 4.88. The van der Waals surface area contributed by atoms with Gasteiger partial charge in [0.25, 0.3) is 0 Å². The monoisotopic (exact) mass is 281 g/mol. The van der Waals surface area contributed by atoms with Crippen molar-refractivity contribution in [3.8, 4) is 0 Å². The Kier molecular flexibility index (Phi) is 6.31. The van der Waals surface area contributed by atoms with Crippen molar-refractivity contribution in [2.45, 2.75) is 77.4 Å². The average molecular weight is 281 g/mol. The van der Waals surface area contributed by atoms with Gasteiger partial charge in [-0.1, -0.05) is 13.3 Å². The lowest BCUT2D eigenvalue weighted by Crippen LogP contribution is -2.51. The molecular weight excluding hydrogens is 246 g/mol. The summed E-state index contributed by atoms with van der Waals surface area (Å²) in [7, 11) is 0. The SMILES string of the molecule is CCC1CCN(C2CCCN(C(C)C)CC2)C(CN)C1. The summed E-state index contributed by atoms with van der Waals surface area (Å²) in [6.45, 7) is 11.7. The van der Waals surface area contributed by atoms with Gasteiger partial charge in [0.15, 0.2) is 0 Å². The van der Waals surface area contributed by atoms with Crippen LogP contribution in [0, 0.1) is 5.92 Å². The van der Waals surface area contributed by atoms with Crippen LogP contribution in [0.5, 0.6) is 0 Å². The van der Waals surface area contributed by atoms with Crippen molar-refractivity contribution in [2.24, 2.45) is 11.7 Å². The summed E-state index contributed by atoms with van der Waals surface area (Å²) in [6, 6.07) is 2.12. The first-order valence-electron chi connectivity index (χ1n) is 8.85. The molecule has 3 heteroatoms. The standard InChI is InChI=1S/C17H35N3/c1-4-15-7-11-20(17(12-15)13-18)16-6-5-9-19(10-8-16)14(2)3/h14-17H,4-13,18H2,1-3H3. The fourth-order valence-electron chi connectivity index (χ4n) is 4.18. The first-order chi connectivity index (χ1) is 9.65. The highest BCUT2D eigenvalue weighted by Gasteiger charge is 2.32. The lowest BCUT2D eigenvalue weighted by molar-refractivity contribution is 0.0625. The van der Waals surface area contributed by atoms with Crippen LogP contribution in [0.15, 0.2) is 0 Å². The van der Waals surface area contributed by atoms with E-state index in [9.17, 15) is 0 Å². The first-order valence-corrected chi connectivity index (χ1v) is 8.85. The van der Waals surface area contributed by atoms with Crippen molar-refractivity contribution in [1.29, 1.82) is 0 Å². The van der Waals surface area contributed by atoms with Crippen molar-refractivity contribution in [3.05, 3.63) is 0 Å². The minimum Gasteiger partial charge on any atom is -0.329 e. The van der Waals surface area contributed by atoms with Gasteiger partial charge in [0.2, 0.25) is 0 Å². The van der Waals surface area contributed by atoms with Crippen LogP contribution in [0.25, 0.3) is 0 Å². The van der Waals surface area contributed by atoms with Crippen LogP contribution in [0.1, 0.15) is 59.3 Å². The van der Waals surface area contributed by atoms with Crippen LogP contribution in [0.3, 0.4) is 0 Å². The Labute approximate surface area is 125 Å². The number of piperidine rings is 1. The minimum absolute atomic E-state index is 0.643. The molecule has 118 valence electrons. The summed E-state index contributed by atoms with van der Waals surface area (Å²) < 4.78 is 0. The fraction of sp³-hybridized carbons (Fsp3) is 1.00. The zero-order valence-corrected chi connectivity index (χ0v) is 13.9. The number of rotatable bonds is 4. The fourth-order valence-corrected chi connectivity index (χ4v) is 4.18. The maximum absolute atomic E-state index is 6.08. The topological polar surface area (TPSA) is 32.5 Å². The Balaban J connectivity index is 1.93. The predicted octanol–water partition coefficient (Wildman–Crippen LogP) is 2.70. The van der Waals surface area contributed by atoms with E-state index in [4.69, 9.17) is 5.73 Å². The van der Waals surface area contributed by atoms with E-state index >= 15 is 0 Å². The minimum atomic E-state index is 0.643. The number of nitrogens with zero attached hydrogens (tertiary/aromatic N) is 2. The predicted molar refractivity (Wildman–Crippen MR) is 86.9 cm³/mol. The summed E-state index contributed by atoms with van der Waals surface area (Å²) in [6.07, 6.45) is 8.11. The molecule has 0 aromatic rings. The Morgan fingerprint density at radius 1 is 1.10 bits per heavy atom. The molecule has 2 rings (SSSR count). The van der Waals surface area contributed by atoms with Crippen LogP contribution < -0.4 is 5.73 Å². The van der Waals surface area contributed by atoms with E-state index in [0.717, 1.165) is 18.5 Å². The van der Waals surface area contributed by atoms with Gasteiger partial charge in [-0.25, -0.2) is 0 Å². The third-order valence-electron chi connectivity index (χ3n) is 5.65. The lowest BCUT2D eigenvalue weighted by Gasteiger charge is -2.43. The number of hydrogen-bond donors (Lipinski definition) is 1. The maximum atomic E-state index is 6.08. The molecule has 0 aliphatic carbocycles. The molecule has 20 heavy (non-hydrogen) atoms. The molecule has 2 fully saturated rings. The summed E-state index contributed by atoms with van der Waals surface area (Å²) in [5, 5.41) is 0. The second-order valence-electron chi connectivity index (χ2n) is 7.14. The van der Waals surface area contributed by atoms with Gasteiger partial charge in [0, 0.05) is 24.7 Å². The number of nitrogens with two attached hydrogens (primary N) is 1. The number of hydrogen-bond acceptors (Lipinski definition) is 3. The van der Waals surface area contributed by atoms with Gasteiger partial charge in [-0.05, 0) is 71.5 Å². The largest absolute Gasteiger partial charge is 0.329 e. The molecule has 3 unspecified atom stereocenters. The Hall–Kier alpha value is -0.120. The van der Waals surface area contributed by atoms with E-state index in [0.29, 0.717) is 12.1 Å². The van der Waals surface area contributed by atoms with Gasteiger partial charge in [-0.3, -0.25) is 4.90 Å². The molecule has 2 heterocycles. The molecule has 3 nitrogen and oxygen atoms in total. The van der Waals surface area contributed by atoms with Crippen molar-refractivity contribution in [2.75, 3.05) is 26.2 Å². The Morgan fingerprint density at radius 2 is 1.90 bits per heavy atom. The normalized spacial score (nSPS) is 34.4. The maximum Gasteiger partial charge on any atom is 0.0223 e. The van der Waals surface area contributed by atoms with E-state index < -0.39 is 0 Å². The van der Waals surface area contributed by atoms with E-state index in [-0.39, 0.29) is 0 Å². The van der Waals surface area contributed by atoms with Crippen molar-refractivity contribution >= 4 is 0 Å². The molecule has 0 saturated carbocycles. The Bertz CT molecular complexity index is 279. The highest BCUT2D eigenvalue weighted by Crippen LogP contribution is 2.29. The van der Waals surface area contributed by atoms with Gasteiger partial charge in [0.1, 0.15) is 0 Å². The molecule has 0 bridgehead atoms. The van der Waals surface area contributed by atoms with Crippen LogP contribution in [0.4, 0.5) is 0 Å². The zero-order chi connectivity index (χ0) is 14.5. The second kappa shape index (κ2) is 7.77. The van der Waals surface area contributed by atoms with Crippen molar-refractivity contribution in [3.63, 3.8) is 0 Å². The van der Waals surface area contributed by atoms with Crippen LogP contribution in [-0.2, 0) is 0 Å². The Morgan fingerprint density at radius 3 is 2.55 bits per heavy atom. The summed E-state index contributed by atoms with van der Waals surface area (Å²) >= 11 is 0. The summed E-state index contributed by atoms with van der Waals surface area (Å²) in [5.41, 5.74) is 6.08. The van der Waals surface area contributed by atoms with E-state index in [1.165, 1.54) is 58.2 Å². The molecule has 2 aliphatic rings. The molecule has 2 N–H and O–H groups in total. The van der Waals surface area contributed by atoms with Gasteiger partial charge >= 0.3 is 0 Å². The zero-order valence-electron chi connectivity index (χ0n) is 13.9. The molecular formula is C17H35N3. The third-order valence-corrected chi connectivity index (χ3v) is 5.65. The van der Waals surface area contributed by atoms with Gasteiger partial charge < -0.3 is 10.6 Å². The quantitative estimate of drug-likeness (QED) is 0.860. The molecule has 0 spiro atoms. The van der Waals surface area contributed by atoms with E-state index in [1.54, 1.807) is 0 Å². The number of likely N-dealkylation sites (tertiary alicyclic amines) is 2. The first kappa shape index (κ1) is 16.3. The molecule has 0 aromatic heterocycles.